The highest BCUT2D eigenvalue weighted by atomic mass is 16.5. The van der Waals surface area contributed by atoms with E-state index < -0.39 is 0 Å². The monoisotopic (exact) mass is 185 g/mol. The van der Waals surface area contributed by atoms with Crippen molar-refractivity contribution in [1.29, 1.82) is 0 Å². The number of hydrogen-bond donors (Lipinski definition) is 0. The number of likely N-dealkylation sites (tertiary alicyclic amines) is 1. The van der Waals surface area contributed by atoms with Gasteiger partial charge in [0.15, 0.2) is 0 Å². The number of carbonyl (C=O) groups is 1. The van der Waals surface area contributed by atoms with E-state index in [0.29, 0.717) is 12.6 Å². The summed E-state index contributed by atoms with van der Waals surface area (Å²) in [5, 5.41) is 0. The van der Waals surface area contributed by atoms with Gasteiger partial charge in [-0.2, -0.15) is 0 Å². The van der Waals surface area contributed by atoms with Crippen molar-refractivity contribution < 1.29 is 9.53 Å². The van der Waals surface area contributed by atoms with Crippen LogP contribution in [0.3, 0.4) is 0 Å². The molecule has 0 aromatic carbocycles. The lowest BCUT2D eigenvalue weighted by Crippen LogP contribution is -2.37. The first-order valence-corrected chi connectivity index (χ1v) is 5.00. The summed E-state index contributed by atoms with van der Waals surface area (Å²) in [5.74, 6) is 0.176. The predicted octanol–water partition coefficient (Wildman–Crippen LogP) is 1.42. The van der Waals surface area contributed by atoms with Gasteiger partial charge in [0.1, 0.15) is 0 Å². The van der Waals surface area contributed by atoms with Gasteiger partial charge in [-0.25, -0.2) is 0 Å². The Morgan fingerprint density at radius 1 is 1.62 bits per heavy atom. The maximum Gasteiger partial charge on any atom is 0.219 e. The summed E-state index contributed by atoms with van der Waals surface area (Å²) < 4.78 is 5.51. The van der Waals surface area contributed by atoms with Gasteiger partial charge in [-0.3, -0.25) is 4.79 Å². The molecule has 1 rings (SSSR count). The molecule has 3 nitrogen and oxygen atoms in total. The van der Waals surface area contributed by atoms with E-state index >= 15 is 0 Å². The predicted molar refractivity (Wildman–Crippen MR) is 51.5 cm³/mol. The lowest BCUT2D eigenvalue weighted by Gasteiger charge is -2.23. The highest BCUT2D eigenvalue weighted by Gasteiger charge is 2.26. The van der Waals surface area contributed by atoms with Crippen LogP contribution in [-0.4, -0.2) is 36.1 Å². The normalized spacial score (nSPS) is 22.8. The van der Waals surface area contributed by atoms with E-state index in [9.17, 15) is 4.79 Å². The largest absolute Gasteiger partial charge is 0.377 e. The van der Waals surface area contributed by atoms with Gasteiger partial charge in [0.25, 0.3) is 0 Å². The Morgan fingerprint density at radius 3 is 2.85 bits per heavy atom. The van der Waals surface area contributed by atoms with Gasteiger partial charge in [0, 0.05) is 13.5 Å². The zero-order chi connectivity index (χ0) is 9.84. The summed E-state index contributed by atoms with van der Waals surface area (Å²) in [4.78, 5) is 13.1. The average molecular weight is 185 g/mol. The molecule has 0 aromatic rings. The smallest absolute Gasteiger partial charge is 0.219 e. The van der Waals surface area contributed by atoms with Crippen molar-refractivity contribution in [2.45, 2.75) is 45.8 Å². The number of rotatable bonds is 3. The SMILES string of the molecule is CC(=O)N1CCC[C@H]1COC(C)C. The maximum atomic E-state index is 11.2. The van der Waals surface area contributed by atoms with Crippen LogP contribution in [0, 0.1) is 0 Å². The first-order valence-electron chi connectivity index (χ1n) is 5.00. The van der Waals surface area contributed by atoms with Gasteiger partial charge in [-0.1, -0.05) is 0 Å². The Morgan fingerprint density at radius 2 is 2.31 bits per heavy atom. The molecule has 1 amide bonds. The number of carbonyl (C=O) groups excluding carboxylic acids is 1. The third kappa shape index (κ3) is 2.99. The summed E-state index contributed by atoms with van der Waals surface area (Å²) in [6, 6.07) is 0.319. The number of amides is 1. The first kappa shape index (κ1) is 10.5. The van der Waals surface area contributed by atoms with Crippen LogP contribution in [0.1, 0.15) is 33.6 Å². The molecular weight excluding hydrogens is 166 g/mol. The van der Waals surface area contributed by atoms with Crippen molar-refractivity contribution >= 4 is 5.91 Å². The molecule has 0 N–H and O–H groups in total. The molecule has 0 radical (unpaired) electrons. The summed E-state index contributed by atoms with van der Waals surface area (Å²) in [5.41, 5.74) is 0. The number of hydrogen-bond acceptors (Lipinski definition) is 2. The van der Waals surface area contributed by atoms with E-state index in [2.05, 4.69) is 0 Å². The average Bonchev–Trinajstić information content (AvgIpc) is 2.47. The van der Waals surface area contributed by atoms with Crippen molar-refractivity contribution in [1.82, 2.24) is 4.90 Å². The van der Waals surface area contributed by atoms with Crippen LogP contribution in [-0.2, 0) is 9.53 Å². The molecule has 13 heavy (non-hydrogen) atoms. The van der Waals surface area contributed by atoms with E-state index in [-0.39, 0.29) is 12.0 Å². The second-order valence-electron chi connectivity index (χ2n) is 3.89. The fourth-order valence-electron chi connectivity index (χ4n) is 1.73. The second-order valence-corrected chi connectivity index (χ2v) is 3.89. The molecule has 1 aliphatic heterocycles. The Bertz CT molecular complexity index is 180. The van der Waals surface area contributed by atoms with Gasteiger partial charge in [0.2, 0.25) is 5.91 Å². The Hall–Kier alpha value is -0.570. The molecule has 0 saturated carbocycles. The summed E-state index contributed by atoms with van der Waals surface area (Å²) in [7, 11) is 0. The van der Waals surface area contributed by atoms with Crippen LogP contribution >= 0.6 is 0 Å². The van der Waals surface area contributed by atoms with E-state index in [1.807, 2.05) is 18.7 Å². The fourth-order valence-corrected chi connectivity index (χ4v) is 1.73. The van der Waals surface area contributed by atoms with E-state index in [1.54, 1.807) is 6.92 Å². The topological polar surface area (TPSA) is 29.5 Å². The van der Waals surface area contributed by atoms with Gasteiger partial charge >= 0.3 is 0 Å². The molecule has 0 unspecified atom stereocenters. The van der Waals surface area contributed by atoms with E-state index in [0.717, 1.165) is 19.4 Å². The van der Waals surface area contributed by atoms with Crippen LogP contribution in [0.4, 0.5) is 0 Å². The van der Waals surface area contributed by atoms with Crippen LogP contribution in [0.2, 0.25) is 0 Å². The highest BCUT2D eigenvalue weighted by molar-refractivity contribution is 5.73. The Labute approximate surface area is 80.1 Å². The third-order valence-electron chi connectivity index (χ3n) is 2.40. The highest BCUT2D eigenvalue weighted by Crippen LogP contribution is 2.17. The van der Waals surface area contributed by atoms with Crippen molar-refractivity contribution in [3.05, 3.63) is 0 Å². The lowest BCUT2D eigenvalue weighted by molar-refractivity contribution is -0.131. The standard InChI is InChI=1S/C10H19NO2/c1-8(2)13-7-10-5-4-6-11(10)9(3)12/h8,10H,4-7H2,1-3H3/t10-/m0/s1. The minimum absolute atomic E-state index is 0.176. The Kier molecular flexibility index (Phi) is 3.72. The molecule has 3 heteroatoms. The van der Waals surface area contributed by atoms with Crippen LogP contribution < -0.4 is 0 Å². The summed E-state index contributed by atoms with van der Waals surface area (Å²) >= 11 is 0. The van der Waals surface area contributed by atoms with Crippen molar-refractivity contribution in [3.8, 4) is 0 Å². The molecular formula is C10H19NO2. The zero-order valence-electron chi connectivity index (χ0n) is 8.75. The summed E-state index contributed by atoms with van der Waals surface area (Å²) in [6.07, 6.45) is 2.47. The van der Waals surface area contributed by atoms with Crippen molar-refractivity contribution in [2.24, 2.45) is 0 Å². The quantitative estimate of drug-likeness (QED) is 0.665. The second kappa shape index (κ2) is 4.61. The molecule has 1 atom stereocenters. The van der Waals surface area contributed by atoms with Gasteiger partial charge in [-0.15, -0.1) is 0 Å². The fraction of sp³-hybridized carbons (Fsp3) is 0.900. The maximum absolute atomic E-state index is 11.2. The van der Waals surface area contributed by atoms with Crippen molar-refractivity contribution in [2.75, 3.05) is 13.2 Å². The summed E-state index contributed by atoms with van der Waals surface area (Å²) in [6.45, 7) is 7.27. The number of ether oxygens (including phenoxy) is 1. The van der Waals surface area contributed by atoms with Gasteiger partial charge < -0.3 is 9.64 Å². The van der Waals surface area contributed by atoms with E-state index in [1.165, 1.54) is 0 Å². The van der Waals surface area contributed by atoms with Crippen LogP contribution in [0.15, 0.2) is 0 Å². The molecule has 0 spiro atoms. The molecule has 0 bridgehead atoms. The van der Waals surface area contributed by atoms with E-state index in [4.69, 9.17) is 4.74 Å². The minimum atomic E-state index is 0.176. The number of nitrogens with zero attached hydrogens (tertiary/aromatic N) is 1. The molecule has 1 fully saturated rings. The zero-order valence-corrected chi connectivity index (χ0v) is 8.75. The van der Waals surface area contributed by atoms with Crippen LogP contribution in [0.25, 0.3) is 0 Å². The van der Waals surface area contributed by atoms with Crippen molar-refractivity contribution in [3.63, 3.8) is 0 Å². The first-order chi connectivity index (χ1) is 6.11. The molecule has 1 aliphatic rings. The molecule has 0 aromatic heterocycles. The molecule has 76 valence electrons. The van der Waals surface area contributed by atoms with Gasteiger partial charge in [0.05, 0.1) is 18.8 Å². The minimum Gasteiger partial charge on any atom is -0.377 e. The van der Waals surface area contributed by atoms with Gasteiger partial charge in [-0.05, 0) is 26.7 Å². The molecule has 1 heterocycles. The van der Waals surface area contributed by atoms with Crippen LogP contribution in [0.5, 0.6) is 0 Å². The third-order valence-corrected chi connectivity index (χ3v) is 2.40. The lowest BCUT2D eigenvalue weighted by atomic mass is 10.2. The molecule has 0 aliphatic carbocycles. The molecule has 1 saturated heterocycles. The Balaban J connectivity index is 2.35.